The number of hydrogen-bond donors (Lipinski definition) is 1. The molecule has 2 aromatic rings. The van der Waals surface area contributed by atoms with Gasteiger partial charge in [-0.25, -0.2) is 8.42 Å². The smallest absolute Gasteiger partial charge is 0.149 e. The minimum Gasteiger partial charge on any atom is -0.383 e. The second-order valence-electron chi connectivity index (χ2n) is 4.08. The van der Waals surface area contributed by atoms with Crippen molar-refractivity contribution in [2.24, 2.45) is 0 Å². The molecule has 0 bridgehead atoms. The fraction of sp³-hybridized carbons (Fsp3) is 0.250. The van der Waals surface area contributed by atoms with Crippen molar-refractivity contribution in [3.8, 4) is 0 Å². The lowest BCUT2D eigenvalue weighted by Gasteiger charge is -2.08. The summed E-state index contributed by atoms with van der Waals surface area (Å²) < 4.78 is 23.1. The van der Waals surface area contributed by atoms with E-state index in [4.69, 9.17) is 0 Å². The van der Waals surface area contributed by atoms with Gasteiger partial charge in [0.1, 0.15) is 9.84 Å². The summed E-state index contributed by atoms with van der Waals surface area (Å²) in [5.41, 5.74) is 1.77. The maximum absolute atomic E-state index is 11.1. The van der Waals surface area contributed by atoms with Crippen LogP contribution in [0.4, 0.5) is 5.69 Å². The third kappa shape index (κ3) is 3.43. The minimum absolute atomic E-state index is 0.118. The highest BCUT2D eigenvalue weighted by Crippen LogP contribution is 2.24. The molecule has 2 rings (SSSR count). The Morgan fingerprint density at radius 2 is 2.11 bits per heavy atom. The number of benzene rings is 1. The first-order valence-corrected chi connectivity index (χ1v) is 8.27. The normalized spacial score (nSPS) is 11.7. The molecular formula is C12H13BrN2O2S. The molecule has 1 heterocycles. The quantitative estimate of drug-likeness (QED) is 0.936. The molecule has 96 valence electrons. The Balaban J connectivity index is 2.23. The molecule has 0 fully saturated rings. The van der Waals surface area contributed by atoms with Crippen LogP contribution in [0.25, 0.3) is 10.9 Å². The van der Waals surface area contributed by atoms with E-state index in [-0.39, 0.29) is 5.75 Å². The number of pyridine rings is 1. The number of rotatable bonds is 4. The van der Waals surface area contributed by atoms with Crippen molar-refractivity contribution in [3.63, 3.8) is 0 Å². The summed E-state index contributed by atoms with van der Waals surface area (Å²) in [4.78, 5) is 4.27. The van der Waals surface area contributed by atoms with Crippen molar-refractivity contribution in [2.75, 3.05) is 23.9 Å². The van der Waals surface area contributed by atoms with Crippen molar-refractivity contribution in [1.29, 1.82) is 0 Å². The van der Waals surface area contributed by atoms with Crippen molar-refractivity contribution in [2.45, 2.75) is 0 Å². The zero-order chi connectivity index (χ0) is 13.2. The zero-order valence-corrected chi connectivity index (χ0v) is 12.3. The molecule has 0 saturated heterocycles. The Bertz CT molecular complexity index is 671. The van der Waals surface area contributed by atoms with Crippen molar-refractivity contribution in [1.82, 2.24) is 4.98 Å². The highest BCUT2D eigenvalue weighted by atomic mass is 79.9. The van der Waals surface area contributed by atoms with Crippen LogP contribution in [0.15, 0.2) is 34.9 Å². The van der Waals surface area contributed by atoms with Gasteiger partial charge in [0, 0.05) is 34.5 Å². The summed E-state index contributed by atoms with van der Waals surface area (Å²) in [5, 5.41) is 4.11. The summed E-state index contributed by atoms with van der Waals surface area (Å²) in [6.07, 6.45) is 2.94. The lowest BCUT2D eigenvalue weighted by Crippen LogP contribution is -2.14. The van der Waals surface area contributed by atoms with E-state index in [2.05, 4.69) is 26.2 Å². The molecule has 0 radical (unpaired) electrons. The number of hydrogen-bond acceptors (Lipinski definition) is 4. The molecule has 0 saturated carbocycles. The van der Waals surface area contributed by atoms with Crippen LogP contribution < -0.4 is 5.32 Å². The number of nitrogens with one attached hydrogen (secondary N) is 1. The molecule has 6 heteroatoms. The third-order valence-corrected chi connectivity index (χ3v) is 3.93. The molecule has 0 unspecified atom stereocenters. The molecule has 0 aliphatic carbocycles. The molecule has 4 nitrogen and oxygen atoms in total. The van der Waals surface area contributed by atoms with Gasteiger partial charge in [-0.2, -0.15) is 0 Å². The van der Waals surface area contributed by atoms with Crippen LogP contribution in [0.5, 0.6) is 0 Å². The largest absolute Gasteiger partial charge is 0.383 e. The number of aromatic nitrogens is 1. The maximum atomic E-state index is 11.1. The Morgan fingerprint density at radius 1 is 1.33 bits per heavy atom. The Hall–Kier alpha value is -1.14. The summed E-state index contributed by atoms with van der Waals surface area (Å²) in [5.74, 6) is 0.118. The first-order valence-electron chi connectivity index (χ1n) is 5.41. The number of fused-ring (bicyclic) bond motifs is 1. The molecule has 1 aromatic heterocycles. The predicted octanol–water partition coefficient (Wildman–Crippen LogP) is 2.45. The molecule has 1 aromatic carbocycles. The standard InChI is InChI=1S/C12H13BrN2O2S/c1-18(16,17)7-6-15-11-4-5-14-12-8-9(13)2-3-10(11)12/h2-5,8H,6-7H2,1H3,(H,14,15). The van der Waals surface area contributed by atoms with Crippen LogP contribution >= 0.6 is 15.9 Å². The predicted molar refractivity (Wildman–Crippen MR) is 77.6 cm³/mol. The van der Waals surface area contributed by atoms with E-state index in [1.807, 2.05) is 24.3 Å². The average Bonchev–Trinajstić information content (AvgIpc) is 2.27. The van der Waals surface area contributed by atoms with Gasteiger partial charge < -0.3 is 5.32 Å². The van der Waals surface area contributed by atoms with E-state index in [0.29, 0.717) is 6.54 Å². The number of sulfone groups is 1. The zero-order valence-electron chi connectivity index (χ0n) is 9.85. The first kappa shape index (κ1) is 13.3. The monoisotopic (exact) mass is 328 g/mol. The van der Waals surface area contributed by atoms with Gasteiger partial charge in [0.25, 0.3) is 0 Å². The number of anilines is 1. The summed E-state index contributed by atoms with van der Waals surface area (Å²) in [6.45, 7) is 0.397. The topological polar surface area (TPSA) is 59.1 Å². The lowest BCUT2D eigenvalue weighted by molar-refractivity contribution is 0.602. The van der Waals surface area contributed by atoms with Crippen molar-refractivity contribution in [3.05, 3.63) is 34.9 Å². The van der Waals surface area contributed by atoms with Crippen LogP contribution in [0, 0.1) is 0 Å². The van der Waals surface area contributed by atoms with Gasteiger partial charge in [-0.05, 0) is 24.3 Å². The molecule has 0 aliphatic heterocycles. The highest BCUT2D eigenvalue weighted by Gasteiger charge is 2.04. The van der Waals surface area contributed by atoms with E-state index in [9.17, 15) is 8.42 Å². The molecular weight excluding hydrogens is 316 g/mol. The fourth-order valence-corrected chi connectivity index (χ4v) is 2.47. The van der Waals surface area contributed by atoms with E-state index < -0.39 is 9.84 Å². The molecule has 0 atom stereocenters. The SMILES string of the molecule is CS(=O)(=O)CCNc1ccnc2cc(Br)ccc12. The summed E-state index contributed by atoms with van der Waals surface area (Å²) >= 11 is 3.40. The molecule has 0 spiro atoms. The minimum atomic E-state index is -2.94. The Morgan fingerprint density at radius 3 is 2.83 bits per heavy atom. The lowest BCUT2D eigenvalue weighted by atomic mass is 10.2. The van der Waals surface area contributed by atoms with Gasteiger partial charge in [-0.3, -0.25) is 4.98 Å². The van der Waals surface area contributed by atoms with Crippen LogP contribution in [0.1, 0.15) is 0 Å². The maximum Gasteiger partial charge on any atom is 0.149 e. The third-order valence-electron chi connectivity index (χ3n) is 2.49. The number of halogens is 1. The van der Waals surface area contributed by atoms with Gasteiger partial charge in [-0.15, -0.1) is 0 Å². The van der Waals surface area contributed by atoms with Gasteiger partial charge >= 0.3 is 0 Å². The van der Waals surface area contributed by atoms with Crippen molar-refractivity contribution < 1.29 is 8.42 Å². The van der Waals surface area contributed by atoms with Crippen LogP contribution in [0.2, 0.25) is 0 Å². The van der Waals surface area contributed by atoms with Crippen LogP contribution in [-0.4, -0.2) is 32.0 Å². The van der Waals surface area contributed by atoms with Gasteiger partial charge in [0.05, 0.1) is 11.3 Å². The van der Waals surface area contributed by atoms with Crippen LogP contribution in [0.3, 0.4) is 0 Å². The van der Waals surface area contributed by atoms with Gasteiger partial charge in [-0.1, -0.05) is 15.9 Å². The van der Waals surface area contributed by atoms with Crippen molar-refractivity contribution >= 4 is 42.4 Å². The first-order chi connectivity index (χ1) is 8.46. The summed E-state index contributed by atoms with van der Waals surface area (Å²) in [6, 6.07) is 7.66. The Labute approximate surface area is 114 Å². The fourth-order valence-electron chi connectivity index (χ4n) is 1.65. The highest BCUT2D eigenvalue weighted by molar-refractivity contribution is 9.10. The number of nitrogens with zero attached hydrogens (tertiary/aromatic N) is 1. The summed E-state index contributed by atoms with van der Waals surface area (Å²) in [7, 11) is -2.94. The second kappa shape index (κ2) is 5.24. The van der Waals surface area contributed by atoms with E-state index in [1.54, 1.807) is 6.20 Å². The van der Waals surface area contributed by atoms with E-state index >= 15 is 0 Å². The molecule has 0 amide bonds. The Kier molecular flexibility index (Phi) is 3.87. The molecule has 18 heavy (non-hydrogen) atoms. The van der Waals surface area contributed by atoms with Gasteiger partial charge in [0.15, 0.2) is 0 Å². The van der Waals surface area contributed by atoms with Crippen LogP contribution in [-0.2, 0) is 9.84 Å². The van der Waals surface area contributed by atoms with E-state index in [0.717, 1.165) is 21.1 Å². The molecule has 1 N–H and O–H groups in total. The van der Waals surface area contributed by atoms with E-state index in [1.165, 1.54) is 6.26 Å². The average molecular weight is 329 g/mol. The molecule has 0 aliphatic rings. The second-order valence-corrected chi connectivity index (χ2v) is 7.25. The van der Waals surface area contributed by atoms with Gasteiger partial charge in [0.2, 0.25) is 0 Å².